The van der Waals surface area contributed by atoms with Gasteiger partial charge in [-0.15, -0.1) is 0 Å². The minimum absolute atomic E-state index is 0.0151. The quantitative estimate of drug-likeness (QED) is 0.833. The first-order valence-electron chi connectivity index (χ1n) is 6.57. The van der Waals surface area contributed by atoms with Crippen molar-refractivity contribution in [3.63, 3.8) is 0 Å². The smallest absolute Gasteiger partial charge is 0.227 e. The van der Waals surface area contributed by atoms with E-state index in [1.165, 1.54) is 12.1 Å². The Balaban J connectivity index is 1.67. The van der Waals surface area contributed by atoms with Crippen LogP contribution in [0, 0.1) is 5.82 Å². The fourth-order valence-corrected chi connectivity index (χ4v) is 2.82. The molecular formula is C14H15ClFNO3. The molecule has 2 bridgehead atoms. The van der Waals surface area contributed by atoms with Crippen molar-refractivity contribution in [2.75, 3.05) is 26.3 Å². The van der Waals surface area contributed by atoms with Gasteiger partial charge in [-0.25, -0.2) is 4.39 Å². The van der Waals surface area contributed by atoms with Gasteiger partial charge in [-0.1, -0.05) is 17.7 Å². The lowest BCUT2D eigenvalue weighted by Gasteiger charge is -2.41. The minimum Gasteiger partial charge on any atom is -0.376 e. The zero-order valence-electron chi connectivity index (χ0n) is 10.9. The van der Waals surface area contributed by atoms with E-state index in [2.05, 4.69) is 0 Å². The van der Waals surface area contributed by atoms with Crippen LogP contribution in [0.25, 0.3) is 0 Å². The van der Waals surface area contributed by atoms with Crippen LogP contribution >= 0.6 is 11.6 Å². The maximum absolute atomic E-state index is 13.0. The highest BCUT2D eigenvalue weighted by molar-refractivity contribution is 6.31. The largest absolute Gasteiger partial charge is 0.376 e. The molecule has 0 aliphatic carbocycles. The van der Waals surface area contributed by atoms with Gasteiger partial charge in [0.25, 0.3) is 0 Å². The molecule has 2 aliphatic heterocycles. The summed E-state index contributed by atoms with van der Waals surface area (Å²) in [4.78, 5) is 14.1. The Morgan fingerprint density at radius 2 is 2.05 bits per heavy atom. The molecule has 2 saturated heterocycles. The highest BCUT2D eigenvalue weighted by atomic mass is 35.5. The molecule has 6 heteroatoms. The lowest BCUT2D eigenvalue weighted by molar-refractivity contribution is -0.185. The molecule has 20 heavy (non-hydrogen) atoms. The standard InChI is InChI=1S/C14H15ClFNO3/c15-13-4-10(16)2-1-9(13)3-14(18)17-5-11-7-19-8-12(6-17)20-11/h1-2,4,11-12H,3,5-8H2. The Morgan fingerprint density at radius 1 is 1.35 bits per heavy atom. The van der Waals surface area contributed by atoms with Gasteiger partial charge in [0.15, 0.2) is 0 Å². The predicted molar refractivity (Wildman–Crippen MR) is 71.2 cm³/mol. The van der Waals surface area contributed by atoms with Gasteiger partial charge in [0, 0.05) is 18.1 Å². The predicted octanol–water partition coefficient (Wildman–Crippen LogP) is 1.65. The number of fused-ring (bicyclic) bond motifs is 2. The first-order chi connectivity index (χ1) is 9.61. The number of rotatable bonds is 2. The molecule has 1 amide bonds. The van der Waals surface area contributed by atoms with Gasteiger partial charge in [0.1, 0.15) is 5.82 Å². The third-order valence-corrected chi connectivity index (χ3v) is 3.90. The number of hydrogen-bond donors (Lipinski definition) is 0. The van der Waals surface area contributed by atoms with Crippen molar-refractivity contribution in [3.05, 3.63) is 34.6 Å². The van der Waals surface area contributed by atoms with Crippen molar-refractivity contribution in [3.8, 4) is 0 Å². The number of ether oxygens (including phenoxy) is 2. The fraction of sp³-hybridized carbons (Fsp3) is 0.500. The number of hydrogen-bond acceptors (Lipinski definition) is 3. The molecule has 0 saturated carbocycles. The van der Waals surface area contributed by atoms with Crippen molar-refractivity contribution in [1.82, 2.24) is 4.90 Å². The Hall–Kier alpha value is -1.17. The molecular weight excluding hydrogens is 285 g/mol. The van der Waals surface area contributed by atoms with E-state index in [0.717, 1.165) is 0 Å². The summed E-state index contributed by atoms with van der Waals surface area (Å²) in [6, 6.07) is 4.10. The molecule has 0 aromatic heterocycles. The highest BCUT2D eigenvalue weighted by Gasteiger charge is 2.34. The second-order valence-electron chi connectivity index (χ2n) is 5.13. The molecule has 2 unspecified atom stereocenters. The van der Waals surface area contributed by atoms with E-state index < -0.39 is 5.82 Å². The molecule has 2 atom stereocenters. The summed E-state index contributed by atoms with van der Waals surface area (Å²) >= 11 is 5.95. The van der Waals surface area contributed by atoms with E-state index in [4.69, 9.17) is 21.1 Å². The van der Waals surface area contributed by atoms with Crippen LogP contribution in [0.5, 0.6) is 0 Å². The third-order valence-electron chi connectivity index (χ3n) is 3.55. The normalized spacial score (nSPS) is 25.6. The molecule has 3 rings (SSSR count). The van der Waals surface area contributed by atoms with Crippen LogP contribution in [-0.2, 0) is 20.7 Å². The lowest BCUT2D eigenvalue weighted by Crippen LogP contribution is -2.56. The van der Waals surface area contributed by atoms with Crippen LogP contribution in [-0.4, -0.2) is 49.3 Å². The van der Waals surface area contributed by atoms with Crippen LogP contribution in [0.1, 0.15) is 5.56 Å². The van der Waals surface area contributed by atoms with E-state index in [0.29, 0.717) is 31.9 Å². The Kier molecular flexibility index (Phi) is 3.92. The number of carbonyl (C=O) groups is 1. The van der Waals surface area contributed by atoms with E-state index in [9.17, 15) is 9.18 Å². The number of benzene rings is 1. The molecule has 108 valence electrons. The first-order valence-corrected chi connectivity index (χ1v) is 6.94. The molecule has 4 nitrogen and oxygen atoms in total. The second kappa shape index (κ2) is 5.68. The van der Waals surface area contributed by atoms with Crippen molar-refractivity contribution >= 4 is 17.5 Å². The van der Waals surface area contributed by atoms with Crippen LogP contribution in [0.3, 0.4) is 0 Å². The molecule has 0 spiro atoms. The molecule has 1 aromatic rings. The maximum atomic E-state index is 13.0. The number of nitrogens with zero attached hydrogens (tertiary/aromatic N) is 1. The fourth-order valence-electron chi connectivity index (χ4n) is 2.58. The minimum atomic E-state index is -0.399. The summed E-state index contributed by atoms with van der Waals surface area (Å²) in [6.07, 6.45) is 0.0876. The van der Waals surface area contributed by atoms with E-state index >= 15 is 0 Å². The van der Waals surface area contributed by atoms with E-state index in [-0.39, 0.29) is 29.6 Å². The maximum Gasteiger partial charge on any atom is 0.227 e. The number of morpholine rings is 1. The summed E-state index contributed by atoms with van der Waals surface area (Å²) < 4.78 is 24.1. The Morgan fingerprint density at radius 3 is 2.70 bits per heavy atom. The number of halogens is 2. The van der Waals surface area contributed by atoms with Crippen molar-refractivity contribution < 1.29 is 18.7 Å². The van der Waals surface area contributed by atoms with Crippen LogP contribution < -0.4 is 0 Å². The van der Waals surface area contributed by atoms with E-state index in [1.807, 2.05) is 0 Å². The molecule has 2 heterocycles. The van der Waals surface area contributed by atoms with Gasteiger partial charge in [-0.2, -0.15) is 0 Å². The first kappa shape index (κ1) is 13.8. The topological polar surface area (TPSA) is 38.8 Å². The number of amides is 1. The van der Waals surface area contributed by atoms with Crippen molar-refractivity contribution in [2.45, 2.75) is 18.6 Å². The third kappa shape index (κ3) is 2.95. The van der Waals surface area contributed by atoms with Crippen LogP contribution in [0.2, 0.25) is 5.02 Å². The second-order valence-corrected chi connectivity index (χ2v) is 5.54. The van der Waals surface area contributed by atoms with Gasteiger partial charge in [-0.3, -0.25) is 4.79 Å². The van der Waals surface area contributed by atoms with Gasteiger partial charge < -0.3 is 14.4 Å². The molecule has 2 aliphatic rings. The van der Waals surface area contributed by atoms with Crippen LogP contribution in [0.4, 0.5) is 4.39 Å². The highest BCUT2D eigenvalue weighted by Crippen LogP contribution is 2.21. The van der Waals surface area contributed by atoms with Gasteiger partial charge in [0.2, 0.25) is 5.91 Å². The summed E-state index contributed by atoms with van der Waals surface area (Å²) in [6.45, 7) is 2.12. The van der Waals surface area contributed by atoms with Crippen molar-refractivity contribution in [1.29, 1.82) is 0 Å². The summed E-state index contributed by atoms with van der Waals surface area (Å²) in [5.41, 5.74) is 0.644. The summed E-state index contributed by atoms with van der Waals surface area (Å²) in [5, 5.41) is 0.287. The van der Waals surface area contributed by atoms with Crippen molar-refractivity contribution in [2.24, 2.45) is 0 Å². The molecule has 1 aromatic carbocycles. The zero-order valence-corrected chi connectivity index (χ0v) is 11.6. The van der Waals surface area contributed by atoms with Crippen LogP contribution in [0.15, 0.2) is 18.2 Å². The molecule has 2 fully saturated rings. The SMILES string of the molecule is O=C(Cc1ccc(F)cc1Cl)N1CC2COCC(C1)O2. The molecule has 0 N–H and O–H groups in total. The monoisotopic (exact) mass is 299 g/mol. The summed E-state index contributed by atoms with van der Waals surface area (Å²) in [5.74, 6) is -0.414. The Labute approximate surface area is 121 Å². The van der Waals surface area contributed by atoms with Gasteiger partial charge >= 0.3 is 0 Å². The molecule has 0 radical (unpaired) electrons. The average molecular weight is 300 g/mol. The van der Waals surface area contributed by atoms with E-state index in [1.54, 1.807) is 11.0 Å². The average Bonchev–Trinajstić information content (AvgIpc) is 2.41. The lowest BCUT2D eigenvalue weighted by atomic mass is 10.1. The number of carbonyl (C=O) groups excluding carboxylic acids is 1. The summed E-state index contributed by atoms with van der Waals surface area (Å²) in [7, 11) is 0. The zero-order chi connectivity index (χ0) is 14.1. The van der Waals surface area contributed by atoms with Gasteiger partial charge in [0.05, 0.1) is 31.8 Å². The van der Waals surface area contributed by atoms with Gasteiger partial charge in [-0.05, 0) is 17.7 Å². The Bertz CT molecular complexity index is 513.